The Morgan fingerprint density at radius 3 is 2.69 bits per heavy atom. The zero-order valence-electron chi connectivity index (χ0n) is 7.77. The van der Waals surface area contributed by atoms with Gasteiger partial charge in [-0.25, -0.2) is 8.78 Å². The molecule has 2 rings (SSSR count). The van der Waals surface area contributed by atoms with Crippen LogP contribution in [0.4, 0.5) is 8.78 Å². The van der Waals surface area contributed by atoms with Gasteiger partial charge in [0.1, 0.15) is 0 Å². The number of benzene rings is 1. The van der Waals surface area contributed by atoms with Gasteiger partial charge < -0.3 is 0 Å². The number of halogens is 2. The van der Waals surface area contributed by atoms with Gasteiger partial charge in [-0.15, -0.1) is 0 Å². The van der Waals surface area contributed by atoms with Gasteiger partial charge in [-0.1, -0.05) is 25.1 Å². The first-order chi connectivity index (χ1) is 6.02. The zero-order valence-corrected chi connectivity index (χ0v) is 7.77. The minimum Gasteiger partial charge on any atom is -0.206 e. The summed E-state index contributed by atoms with van der Waals surface area (Å²) in [5.41, 5.74) is 2.66. The lowest BCUT2D eigenvalue weighted by atomic mass is 9.97. The van der Waals surface area contributed by atoms with E-state index >= 15 is 0 Å². The van der Waals surface area contributed by atoms with Crippen molar-refractivity contribution in [3.8, 4) is 0 Å². The maximum absolute atomic E-state index is 13.3. The highest BCUT2D eigenvalue weighted by molar-refractivity contribution is 5.43. The number of rotatable bonds is 0. The van der Waals surface area contributed by atoms with Crippen molar-refractivity contribution >= 4 is 0 Å². The number of hydrogen-bond acceptors (Lipinski definition) is 0. The van der Waals surface area contributed by atoms with Crippen LogP contribution in [0.1, 0.15) is 29.5 Å². The summed E-state index contributed by atoms with van der Waals surface area (Å²) in [7, 11) is 0. The first kappa shape index (κ1) is 8.67. The number of hydrogen-bond donors (Lipinski definition) is 0. The largest absolute Gasteiger partial charge is 0.258 e. The molecule has 1 aromatic rings. The molecule has 0 bridgehead atoms. The second kappa shape index (κ2) is 2.53. The third-order valence-electron chi connectivity index (χ3n) is 2.91. The molecule has 0 heterocycles. The van der Waals surface area contributed by atoms with Crippen LogP contribution in [0.3, 0.4) is 0 Å². The van der Waals surface area contributed by atoms with Crippen molar-refractivity contribution in [3.05, 3.63) is 34.9 Å². The lowest BCUT2D eigenvalue weighted by molar-refractivity contribution is -0.00991. The molecule has 1 aliphatic carbocycles. The first-order valence-electron chi connectivity index (χ1n) is 4.48. The topological polar surface area (TPSA) is 0 Å². The van der Waals surface area contributed by atoms with Gasteiger partial charge in [-0.05, 0) is 23.6 Å². The minimum atomic E-state index is -2.55. The maximum atomic E-state index is 13.3. The van der Waals surface area contributed by atoms with E-state index in [0.29, 0.717) is 0 Å². The Morgan fingerprint density at radius 1 is 1.38 bits per heavy atom. The highest BCUT2D eigenvalue weighted by atomic mass is 19.3. The van der Waals surface area contributed by atoms with Gasteiger partial charge in [-0.3, -0.25) is 0 Å². The van der Waals surface area contributed by atoms with Crippen LogP contribution in [0.25, 0.3) is 0 Å². The van der Waals surface area contributed by atoms with E-state index in [4.69, 9.17) is 0 Å². The summed E-state index contributed by atoms with van der Waals surface area (Å²) in [6, 6.07) is 5.55. The first-order valence-corrected chi connectivity index (χ1v) is 4.48. The number of fused-ring (bicyclic) bond motifs is 1. The van der Waals surface area contributed by atoms with E-state index in [2.05, 4.69) is 0 Å². The van der Waals surface area contributed by atoms with Gasteiger partial charge in [0.05, 0.1) is 0 Å². The molecule has 0 saturated carbocycles. The normalized spacial score (nSPS) is 24.5. The molecule has 0 fully saturated rings. The third-order valence-corrected chi connectivity index (χ3v) is 2.91. The Hall–Kier alpha value is -0.920. The van der Waals surface area contributed by atoms with E-state index in [1.807, 2.05) is 19.1 Å². The summed E-state index contributed by atoms with van der Waals surface area (Å²) in [6.45, 7) is 3.51. The summed E-state index contributed by atoms with van der Waals surface area (Å²) >= 11 is 0. The second-order valence-corrected chi connectivity index (χ2v) is 3.81. The molecule has 13 heavy (non-hydrogen) atoms. The standard InChI is InChI=1S/C11H12F2/c1-7-4-3-5-9-6-11(12,13)8(2)10(7)9/h3-5,8H,6H2,1-2H3. The van der Waals surface area contributed by atoms with Crippen molar-refractivity contribution in [1.29, 1.82) is 0 Å². The minimum absolute atomic E-state index is 0.0921. The highest BCUT2D eigenvalue weighted by Gasteiger charge is 2.44. The quantitative estimate of drug-likeness (QED) is 0.577. The van der Waals surface area contributed by atoms with Gasteiger partial charge >= 0.3 is 0 Å². The van der Waals surface area contributed by atoms with Gasteiger partial charge in [-0.2, -0.15) is 0 Å². The SMILES string of the molecule is Cc1cccc2c1C(C)C(F)(F)C2. The summed E-state index contributed by atoms with van der Waals surface area (Å²) in [5.74, 6) is -3.17. The molecule has 0 nitrogen and oxygen atoms in total. The molecule has 0 aliphatic heterocycles. The van der Waals surface area contributed by atoms with Gasteiger partial charge in [0.25, 0.3) is 5.92 Å². The van der Waals surface area contributed by atoms with Crippen LogP contribution in [0.2, 0.25) is 0 Å². The Morgan fingerprint density at radius 2 is 2.08 bits per heavy atom. The zero-order chi connectivity index (χ0) is 9.64. The molecule has 1 aliphatic rings. The molecule has 0 radical (unpaired) electrons. The van der Waals surface area contributed by atoms with Crippen LogP contribution in [-0.2, 0) is 6.42 Å². The van der Waals surface area contributed by atoms with Crippen LogP contribution < -0.4 is 0 Å². The number of alkyl halides is 2. The van der Waals surface area contributed by atoms with E-state index in [-0.39, 0.29) is 6.42 Å². The predicted molar refractivity (Wildman–Crippen MR) is 48.2 cm³/mol. The van der Waals surface area contributed by atoms with Crippen molar-refractivity contribution < 1.29 is 8.78 Å². The van der Waals surface area contributed by atoms with E-state index in [1.54, 1.807) is 13.0 Å². The van der Waals surface area contributed by atoms with Crippen molar-refractivity contribution in [2.75, 3.05) is 0 Å². The molecule has 0 N–H and O–H groups in total. The summed E-state index contributed by atoms with van der Waals surface area (Å²) < 4.78 is 26.6. The van der Waals surface area contributed by atoms with Crippen molar-refractivity contribution in [2.45, 2.75) is 32.1 Å². The average molecular weight is 182 g/mol. The molecule has 1 atom stereocenters. The molecule has 0 amide bonds. The Balaban J connectivity index is 2.57. The van der Waals surface area contributed by atoms with Gasteiger partial charge in [0, 0.05) is 12.3 Å². The lowest BCUT2D eigenvalue weighted by Crippen LogP contribution is -2.19. The van der Waals surface area contributed by atoms with Crippen LogP contribution in [0.5, 0.6) is 0 Å². The fraction of sp³-hybridized carbons (Fsp3) is 0.455. The van der Waals surface area contributed by atoms with E-state index in [0.717, 1.165) is 16.7 Å². The summed E-state index contributed by atoms with van der Waals surface area (Å²) in [6.07, 6.45) is -0.0921. The summed E-state index contributed by atoms with van der Waals surface area (Å²) in [4.78, 5) is 0. The molecule has 0 saturated heterocycles. The molecular weight excluding hydrogens is 170 g/mol. The molecule has 0 spiro atoms. The smallest absolute Gasteiger partial charge is 0.206 e. The Bertz CT molecular complexity index is 342. The van der Waals surface area contributed by atoms with E-state index in [9.17, 15) is 8.78 Å². The van der Waals surface area contributed by atoms with Crippen LogP contribution in [-0.4, -0.2) is 5.92 Å². The Labute approximate surface area is 76.6 Å². The average Bonchev–Trinajstić information content (AvgIpc) is 2.24. The van der Waals surface area contributed by atoms with Crippen molar-refractivity contribution in [3.63, 3.8) is 0 Å². The third kappa shape index (κ3) is 1.16. The second-order valence-electron chi connectivity index (χ2n) is 3.81. The molecule has 1 aromatic carbocycles. The van der Waals surface area contributed by atoms with Crippen LogP contribution >= 0.6 is 0 Å². The fourth-order valence-corrected chi connectivity index (χ4v) is 2.13. The Kier molecular flexibility index (Phi) is 1.69. The molecule has 1 unspecified atom stereocenters. The van der Waals surface area contributed by atoms with Gasteiger partial charge in [0.15, 0.2) is 0 Å². The molecular formula is C11H12F2. The van der Waals surface area contributed by atoms with Crippen LogP contribution in [0, 0.1) is 6.92 Å². The van der Waals surface area contributed by atoms with Crippen molar-refractivity contribution in [2.24, 2.45) is 0 Å². The van der Waals surface area contributed by atoms with Gasteiger partial charge in [0.2, 0.25) is 0 Å². The molecule has 2 heteroatoms. The highest BCUT2D eigenvalue weighted by Crippen LogP contribution is 2.45. The van der Waals surface area contributed by atoms with E-state index in [1.165, 1.54) is 0 Å². The number of aryl methyl sites for hydroxylation is 1. The van der Waals surface area contributed by atoms with Crippen LogP contribution in [0.15, 0.2) is 18.2 Å². The fourth-order valence-electron chi connectivity index (χ4n) is 2.13. The molecule has 0 aromatic heterocycles. The van der Waals surface area contributed by atoms with Crippen molar-refractivity contribution in [1.82, 2.24) is 0 Å². The predicted octanol–water partition coefficient (Wildman–Crippen LogP) is 3.29. The lowest BCUT2D eigenvalue weighted by Gasteiger charge is -2.15. The monoisotopic (exact) mass is 182 g/mol. The summed E-state index contributed by atoms with van der Waals surface area (Å²) in [5, 5.41) is 0. The maximum Gasteiger partial charge on any atom is 0.258 e. The van der Waals surface area contributed by atoms with E-state index < -0.39 is 11.8 Å². The molecule has 70 valence electrons.